The zero-order valence-electron chi connectivity index (χ0n) is 8.44. The van der Waals surface area contributed by atoms with Gasteiger partial charge in [0.25, 0.3) is 0 Å². The molecular weight excluding hydrogens is 182 g/mol. The average molecular weight is 199 g/mol. The van der Waals surface area contributed by atoms with Gasteiger partial charge in [-0.2, -0.15) is 0 Å². The molecule has 0 aromatic carbocycles. The van der Waals surface area contributed by atoms with E-state index >= 15 is 0 Å². The van der Waals surface area contributed by atoms with Gasteiger partial charge in [0, 0.05) is 26.2 Å². The van der Waals surface area contributed by atoms with Crippen molar-refractivity contribution in [1.82, 2.24) is 9.80 Å². The van der Waals surface area contributed by atoms with Gasteiger partial charge in [-0.25, -0.2) is 0 Å². The van der Waals surface area contributed by atoms with Crippen LogP contribution in [-0.2, 0) is 4.79 Å². The van der Waals surface area contributed by atoms with Gasteiger partial charge >= 0.3 is 0 Å². The number of nitrogens with one attached hydrogen (secondary N) is 1. The smallest absolute Gasteiger partial charge is 0.225 e. The van der Waals surface area contributed by atoms with Gasteiger partial charge in [0.2, 0.25) is 5.91 Å². The summed E-state index contributed by atoms with van der Waals surface area (Å²) >= 11 is 0. The Balaban J connectivity index is 2.34. The lowest BCUT2D eigenvalue weighted by Crippen LogP contribution is -2.48. The first kappa shape index (κ1) is 11.0. The molecule has 1 amide bonds. The van der Waals surface area contributed by atoms with Crippen LogP contribution in [0.1, 0.15) is 13.3 Å². The highest BCUT2D eigenvalue weighted by atomic mass is 16.3. The zero-order chi connectivity index (χ0) is 10.6. The Labute approximate surface area is 83.8 Å². The molecule has 0 aromatic heterocycles. The van der Waals surface area contributed by atoms with Crippen molar-refractivity contribution < 1.29 is 9.90 Å². The number of carbonyl (C=O) groups is 1. The van der Waals surface area contributed by atoms with Gasteiger partial charge in [-0.3, -0.25) is 10.2 Å². The molecule has 0 aromatic rings. The van der Waals surface area contributed by atoms with Crippen molar-refractivity contribution in [2.45, 2.75) is 19.4 Å². The predicted molar refractivity (Wildman–Crippen MR) is 53.2 cm³/mol. The standard InChI is InChI=1S/C9H17N3O2/c1-8(13)6-9(14)12-4-2-11(7-10)3-5-12/h7-8,10,13H,2-6H2,1H3. The van der Waals surface area contributed by atoms with Crippen molar-refractivity contribution in [2.75, 3.05) is 26.2 Å². The lowest BCUT2D eigenvalue weighted by molar-refractivity contribution is -0.134. The maximum absolute atomic E-state index is 11.5. The number of rotatable bonds is 3. The first-order chi connectivity index (χ1) is 6.63. The van der Waals surface area contributed by atoms with Crippen molar-refractivity contribution >= 4 is 12.2 Å². The second-order valence-electron chi connectivity index (χ2n) is 3.60. The third-order valence-corrected chi connectivity index (χ3v) is 2.32. The molecule has 5 heteroatoms. The molecular formula is C9H17N3O2. The van der Waals surface area contributed by atoms with E-state index in [2.05, 4.69) is 0 Å². The van der Waals surface area contributed by atoms with Gasteiger partial charge in [0.1, 0.15) is 0 Å². The number of piperazine rings is 1. The second kappa shape index (κ2) is 4.95. The van der Waals surface area contributed by atoms with E-state index in [9.17, 15) is 4.79 Å². The molecule has 0 bridgehead atoms. The minimum Gasteiger partial charge on any atom is -0.393 e. The van der Waals surface area contributed by atoms with Crippen molar-refractivity contribution in [3.05, 3.63) is 0 Å². The van der Waals surface area contributed by atoms with E-state index in [1.54, 1.807) is 11.8 Å². The lowest BCUT2D eigenvalue weighted by atomic mass is 10.2. The van der Waals surface area contributed by atoms with Crippen molar-refractivity contribution in [2.24, 2.45) is 0 Å². The number of aliphatic hydroxyl groups excluding tert-OH is 1. The molecule has 80 valence electrons. The highest BCUT2D eigenvalue weighted by Gasteiger charge is 2.20. The summed E-state index contributed by atoms with van der Waals surface area (Å²) in [7, 11) is 0. The number of hydrogen-bond donors (Lipinski definition) is 2. The Kier molecular flexibility index (Phi) is 3.88. The van der Waals surface area contributed by atoms with Crippen molar-refractivity contribution in [3.8, 4) is 0 Å². The molecule has 1 unspecified atom stereocenters. The van der Waals surface area contributed by atoms with Crippen LogP contribution in [0.3, 0.4) is 0 Å². The predicted octanol–water partition coefficient (Wildman–Crippen LogP) is -0.491. The van der Waals surface area contributed by atoms with Gasteiger partial charge in [-0.05, 0) is 6.92 Å². The second-order valence-corrected chi connectivity index (χ2v) is 3.60. The average Bonchev–Trinajstić information content (AvgIpc) is 2.17. The van der Waals surface area contributed by atoms with E-state index in [1.165, 1.54) is 6.34 Å². The fourth-order valence-electron chi connectivity index (χ4n) is 1.48. The number of aliphatic hydroxyl groups is 1. The SMILES string of the molecule is CC(O)CC(=O)N1CCN(C=N)CC1. The molecule has 14 heavy (non-hydrogen) atoms. The Morgan fingerprint density at radius 1 is 1.50 bits per heavy atom. The van der Waals surface area contributed by atoms with Crippen LogP contribution in [-0.4, -0.2) is 59.4 Å². The maximum atomic E-state index is 11.5. The molecule has 1 aliphatic heterocycles. The first-order valence-corrected chi connectivity index (χ1v) is 4.84. The Morgan fingerprint density at radius 2 is 2.07 bits per heavy atom. The van der Waals surface area contributed by atoms with Gasteiger partial charge in [-0.1, -0.05) is 0 Å². The largest absolute Gasteiger partial charge is 0.393 e. The summed E-state index contributed by atoms with van der Waals surface area (Å²) < 4.78 is 0. The van der Waals surface area contributed by atoms with Crippen LogP contribution in [0.5, 0.6) is 0 Å². The summed E-state index contributed by atoms with van der Waals surface area (Å²) in [5, 5.41) is 16.1. The zero-order valence-corrected chi connectivity index (χ0v) is 8.44. The number of carbonyl (C=O) groups excluding carboxylic acids is 1. The van der Waals surface area contributed by atoms with E-state index in [0.717, 1.165) is 13.1 Å². The molecule has 1 heterocycles. The quantitative estimate of drug-likeness (QED) is 0.476. The van der Waals surface area contributed by atoms with Crippen LogP contribution >= 0.6 is 0 Å². The number of hydrogen-bond acceptors (Lipinski definition) is 3. The normalized spacial score (nSPS) is 19.3. The molecule has 1 rings (SSSR count). The topological polar surface area (TPSA) is 67.6 Å². The van der Waals surface area contributed by atoms with Crippen molar-refractivity contribution in [3.63, 3.8) is 0 Å². The molecule has 0 radical (unpaired) electrons. The molecule has 0 aliphatic carbocycles. The van der Waals surface area contributed by atoms with Gasteiger partial charge in [0.05, 0.1) is 18.9 Å². The van der Waals surface area contributed by atoms with Crippen LogP contribution in [0, 0.1) is 5.41 Å². The molecule has 5 nitrogen and oxygen atoms in total. The van der Waals surface area contributed by atoms with Crippen molar-refractivity contribution in [1.29, 1.82) is 5.41 Å². The van der Waals surface area contributed by atoms with Crippen LogP contribution in [0.15, 0.2) is 0 Å². The van der Waals surface area contributed by atoms with E-state index in [-0.39, 0.29) is 12.3 Å². The number of nitrogens with zero attached hydrogens (tertiary/aromatic N) is 2. The fraction of sp³-hybridized carbons (Fsp3) is 0.778. The monoisotopic (exact) mass is 199 g/mol. The fourth-order valence-corrected chi connectivity index (χ4v) is 1.48. The van der Waals surface area contributed by atoms with Crippen LogP contribution in [0.4, 0.5) is 0 Å². The summed E-state index contributed by atoms with van der Waals surface area (Å²) in [4.78, 5) is 15.1. The summed E-state index contributed by atoms with van der Waals surface area (Å²) in [6, 6.07) is 0. The number of amides is 1. The van der Waals surface area contributed by atoms with Gasteiger partial charge in [-0.15, -0.1) is 0 Å². The summed E-state index contributed by atoms with van der Waals surface area (Å²) in [5.74, 6) is 0.00429. The third kappa shape index (κ3) is 2.99. The van der Waals surface area contributed by atoms with Crippen LogP contribution in [0.25, 0.3) is 0 Å². The van der Waals surface area contributed by atoms with Gasteiger partial charge < -0.3 is 14.9 Å². The summed E-state index contributed by atoms with van der Waals surface area (Å²) in [5.41, 5.74) is 0. The lowest BCUT2D eigenvalue weighted by Gasteiger charge is -2.33. The van der Waals surface area contributed by atoms with Gasteiger partial charge in [0.15, 0.2) is 0 Å². The summed E-state index contributed by atoms with van der Waals surface area (Å²) in [6.45, 7) is 4.36. The van der Waals surface area contributed by atoms with Crippen LogP contribution < -0.4 is 0 Å². The van der Waals surface area contributed by atoms with E-state index < -0.39 is 6.10 Å². The van der Waals surface area contributed by atoms with E-state index in [0.29, 0.717) is 13.1 Å². The highest BCUT2D eigenvalue weighted by molar-refractivity contribution is 5.76. The van der Waals surface area contributed by atoms with E-state index in [4.69, 9.17) is 10.5 Å². The summed E-state index contributed by atoms with van der Waals surface area (Å²) in [6.07, 6.45) is 0.935. The van der Waals surface area contributed by atoms with Crippen LogP contribution in [0.2, 0.25) is 0 Å². The minimum absolute atomic E-state index is 0.00429. The molecule has 1 saturated heterocycles. The highest BCUT2D eigenvalue weighted by Crippen LogP contribution is 2.03. The maximum Gasteiger partial charge on any atom is 0.225 e. The third-order valence-electron chi connectivity index (χ3n) is 2.32. The first-order valence-electron chi connectivity index (χ1n) is 4.84. The van der Waals surface area contributed by atoms with E-state index in [1.807, 2.05) is 4.90 Å². The molecule has 0 spiro atoms. The molecule has 1 fully saturated rings. The Morgan fingerprint density at radius 3 is 2.50 bits per heavy atom. The molecule has 0 saturated carbocycles. The molecule has 2 N–H and O–H groups in total. The molecule has 1 atom stereocenters. The Hall–Kier alpha value is -1.10. The molecule has 1 aliphatic rings. The Bertz CT molecular complexity index is 210. The minimum atomic E-state index is -0.566.